The quantitative estimate of drug-likeness (QED) is 0.807. The second-order valence-electron chi connectivity index (χ2n) is 6.23. The van der Waals surface area contributed by atoms with Crippen LogP contribution >= 0.6 is 0 Å². The van der Waals surface area contributed by atoms with E-state index in [-0.39, 0.29) is 18.1 Å². The molecule has 2 atom stereocenters. The molecule has 0 spiro atoms. The molecule has 4 heteroatoms. The van der Waals surface area contributed by atoms with E-state index in [0.717, 1.165) is 0 Å². The van der Waals surface area contributed by atoms with E-state index in [2.05, 4.69) is 12.2 Å². The number of urea groups is 1. The van der Waals surface area contributed by atoms with Gasteiger partial charge in [-0.2, -0.15) is 0 Å². The number of aliphatic hydroxyl groups is 1. The molecule has 0 saturated heterocycles. The third-order valence-corrected chi connectivity index (χ3v) is 4.05. The first-order valence-electron chi connectivity index (χ1n) is 7.67. The van der Waals surface area contributed by atoms with Gasteiger partial charge in [0.2, 0.25) is 0 Å². The van der Waals surface area contributed by atoms with Gasteiger partial charge in [-0.15, -0.1) is 0 Å². The van der Waals surface area contributed by atoms with Gasteiger partial charge in [0.25, 0.3) is 0 Å². The lowest BCUT2D eigenvalue weighted by Crippen LogP contribution is -2.51. The van der Waals surface area contributed by atoms with Gasteiger partial charge >= 0.3 is 6.03 Å². The highest BCUT2D eigenvalue weighted by Gasteiger charge is 2.25. The number of carbonyl (C=O) groups is 1. The van der Waals surface area contributed by atoms with E-state index >= 15 is 0 Å². The van der Waals surface area contributed by atoms with E-state index in [1.807, 2.05) is 13.8 Å². The molecule has 0 aliphatic heterocycles. The van der Waals surface area contributed by atoms with E-state index in [0.29, 0.717) is 12.5 Å². The van der Waals surface area contributed by atoms with Crippen LogP contribution in [0.15, 0.2) is 0 Å². The summed E-state index contributed by atoms with van der Waals surface area (Å²) in [6.45, 7) is 8.17. The number of hydrogen-bond acceptors (Lipinski definition) is 2. The van der Waals surface area contributed by atoms with Gasteiger partial charge in [-0.25, -0.2) is 4.79 Å². The van der Waals surface area contributed by atoms with Crippen LogP contribution in [0.4, 0.5) is 4.79 Å². The predicted molar refractivity (Wildman–Crippen MR) is 78.1 cm³/mol. The molecule has 0 aromatic heterocycles. The Kier molecular flexibility index (Phi) is 6.63. The maximum atomic E-state index is 12.3. The van der Waals surface area contributed by atoms with Crippen LogP contribution in [0.1, 0.15) is 59.8 Å². The third kappa shape index (κ3) is 5.39. The fourth-order valence-electron chi connectivity index (χ4n) is 2.84. The third-order valence-electron chi connectivity index (χ3n) is 4.05. The first kappa shape index (κ1) is 16.3. The van der Waals surface area contributed by atoms with Crippen LogP contribution in [-0.2, 0) is 0 Å². The van der Waals surface area contributed by atoms with Gasteiger partial charge in [-0.3, -0.25) is 0 Å². The molecule has 1 saturated carbocycles. The van der Waals surface area contributed by atoms with Crippen LogP contribution in [0, 0.1) is 5.92 Å². The van der Waals surface area contributed by atoms with Crippen molar-refractivity contribution in [3.63, 3.8) is 0 Å². The Morgan fingerprint density at radius 2 is 1.79 bits per heavy atom. The zero-order valence-electron chi connectivity index (χ0n) is 12.9. The Morgan fingerprint density at radius 3 is 2.26 bits per heavy atom. The first-order chi connectivity index (χ1) is 8.91. The van der Waals surface area contributed by atoms with Crippen molar-refractivity contribution in [2.75, 3.05) is 6.54 Å². The molecule has 0 radical (unpaired) electrons. The van der Waals surface area contributed by atoms with Crippen molar-refractivity contribution in [1.82, 2.24) is 10.2 Å². The summed E-state index contributed by atoms with van der Waals surface area (Å²) in [4.78, 5) is 14.0. The maximum absolute atomic E-state index is 12.3. The molecule has 1 fully saturated rings. The van der Waals surface area contributed by atoms with E-state index in [1.54, 1.807) is 11.8 Å². The van der Waals surface area contributed by atoms with Gasteiger partial charge in [0.15, 0.2) is 0 Å². The second kappa shape index (κ2) is 7.73. The Labute approximate surface area is 117 Å². The van der Waals surface area contributed by atoms with E-state index in [4.69, 9.17) is 0 Å². The fourth-order valence-corrected chi connectivity index (χ4v) is 2.84. The number of rotatable bonds is 5. The van der Waals surface area contributed by atoms with Gasteiger partial charge in [-0.05, 0) is 46.5 Å². The number of amides is 2. The van der Waals surface area contributed by atoms with Crippen LogP contribution in [-0.4, -0.2) is 40.8 Å². The summed E-state index contributed by atoms with van der Waals surface area (Å²) < 4.78 is 0. The minimum absolute atomic E-state index is 0.0472. The number of carbonyl (C=O) groups excluding carboxylic acids is 1. The van der Waals surface area contributed by atoms with Crippen LogP contribution in [0.25, 0.3) is 0 Å². The second-order valence-corrected chi connectivity index (χ2v) is 6.23. The predicted octanol–water partition coefficient (Wildman–Crippen LogP) is 2.76. The summed E-state index contributed by atoms with van der Waals surface area (Å²) in [5.74, 6) is 0.610. The maximum Gasteiger partial charge on any atom is 0.317 e. The molecule has 0 bridgehead atoms. The van der Waals surface area contributed by atoms with E-state index in [1.165, 1.54) is 32.1 Å². The van der Waals surface area contributed by atoms with Gasteiger partial charge < -0.3 is 15.3 Å². The minimum Gasteiger partial charge on any atom is -0.392 e. The van der Waals surface area contributed by atoms with Crippen molar-refractivity contribution >= 4 is 6.03 Å². The highest BCUT2D eigenvalue weighted by atomic mass is 16.3. The summed E-state index contributed by atoms with van der Waals surface area (Å²) >= 11 is 0. The van der Waals surface area contributed by atoms with Crippen LogP contribution < -0.4 is 5.32 Å². The largest absolute Gasteiger partial charge is 0.392 e. The highest BCUT2D eigenvalue weighted by Crippen LogP contribution is 2.26. The summed E-state index contributed by atoms with van der Waals surface area (Å²) in [5.41, 5.74) is 0. The number of nitrogens with one attached hydrogen (secondary N) is 1. The van der Waals surface area contributed by atoms with Crippen molar-refractivity contribution < 1.29 is 9.90 Å². The Bertz CT molecular complexity index is 273. The topological polar surface area (TPSA) is 52.6 Å². The van der Waals surface area contributed by atoms with Crippen molar-refractivity contribution in [3.8, 4) is 0 Å². The molecular weight excluding hydrogens is 240 g/mol. The lowest BCUT2D eigenvalue weighted by molar-refractivity contribution is 0.115. The van der Waals surface area contributed by atoms with Gasteiger partial charge in [0, 0.05) is 18.6 Å². The molecule has 2 amide bonds. The lowest BCUT2D eigenvalue weighted by Gasteiger charge is -2.33. The van der Waals surface area contributed by atoms with Crippen molar-refractivity contribution in [1.29, 1.82) is 0 Å². The van der Waals surface area contributed by atoms with Crippen molar-refractivity contribution in [2.24, 2.45) is 5.92 Å². The zero-order chi connectivity index (χ0) is 14.4. The lowest BCUT2D eigenvalue weighted by atomic mass is 9.84. The number of aliphatic hydroxyl groups excluding tert-OH is 1. The minimum atomic E-state index is -0.488. The molecule has 1 rings (SSSR count). The van der Waals surface area contributed by atoms with Crippen molar-refractivity contribution in [2.45, 2.75) is 78.0 Å². The average Bonchev–Trinajstić information content (AvgIpc) is 2.36. The Balaban J connectivity index is 2.50. The fraction of sp³-hybridized carbons (Fsp3) is 0.933. The molecule has 4 nitrogen and oxygen atoms in total. The SMILES string of the molecule is CC(O)CN(C(=O)NC(C)C1CCCCC1)C(C)C. The smallest absolute Gasteiger partial charge is 0.317 e. The van der Waals surface area contributed by atoms with E-state index in [9.17, 15) is 9.90 Å². The van der Waals surface area contributed by atoms with E-state index < -0.39 is 6.10 Å². The first-order valence-corrected chi connectivity index (χ1v) is 7.67. The van der Waals surface area contributed by atoms with Gasteiger partial charge in [-0.1, -0.05) is 19.3 Å². The molecule has 0 heterocycles. The molecule has 0 aromatic rings. The van der Waals surface area contributed by atoms with Gasteiger partial charge in [0.05, 0.1) is 6.10 Å². The monoisotopic (exact) mass is 270 g/mol. The summed E-state index contributed by atoms with van der Waals surface area (Å²) in [6.07, 6.45) is 5.85. The molecule has 19 heavy (non-hydrogen) atoms. The Morgan fingerprint density at radius 1 is 1.21 bits per heavy atom. The Hall–Kier alpha value is -0.770. The average molecular weight is 270 g/mol. The highest BCUT2D eigenvalue weighted by molar-refractivity contribution is 5.74. The number of hydrogen-bond donors (Lipinski definition) is 2. The standard InChI is InChI=1S/C15H30N2O2/c1-11(2)17(10-12(3)18)15(19)16-13(4)14-8-6-5-7-9-14/h11-14,18H,5-10H2,1-4H3,(H,16,19). The number of nitrogens with zero attached hydrogens (tertiary/aromatic N) is 1. The van der Waals surface area contributed by atoms with Crippen LogP contribution in [0.5, 0.6) is 0 Å². The molecule has 1 aliphatic rings. The normalized spacial score (nSPS) is 20.1. The van der Waals surface area contributed by atoms with Gasteiger partial charge in [0.1, 0.15) is 0 Å². The molecular formula is C15H30N2O2. The molecule has 2 unspecified atom stereocenters. The summed E-state index contributed by atoms with van der Waals surface area (Å²) in [7, 11) is 0. The molecule has 0 aromatic carbocycles. The zero-order valence-corrected chi connectivity index (χ0v) is 12.9. The molecule has 112 valence electrons. The molecule has 1 aliphatic carbocycles. The molecule has 2 N–H and O–H groups in total. The summed E-state index contributed by atoms with van der Waals surface area (Å²) in [6, 6.07) is 0.283. The van der Waals surface area contributed by atoms with Crippen LogP contribution in [0.3, 0.4) is 0 Å². The van der Waals surface area contributed by atoms with Crippen LogP contribution in [0.2, 0.25) is 0 Å². The summed E-state index contributed by atoms with van der Waals surface area (Å²) in [5, 5.41) is 12.6. The van der Waals surface area contributed by atoms with Crippen molar-refractivity contribution in [3.05, 3.63) is 0 Å².